The molecule has 1 aliphatic rings. The first-order chi connectivity index (χ1) is 22.8. The molecule has 3 aromatic carbocycles. The first kappa shape index (κ1) is 33.9. The number of benzene rings is 3. The van der Waals surface area contributed by atoms with Gasteiger partial charge in [-0.2, -0.15) is 18.3 Å². The van der Waals surface area contributed by atoms with Gasteiger partial charge in [-0.25, -0.2) is 27.4 Å². The number of halogens is 3. The first-order valence-electron chi connectivity index (χ1n) is 14.4. The number of hydrogen-bond donors (Lipinski definition) is 1. The fourth-order valence-electron chi connectivity index (χ4n) is 4.48. The zero-order chi connectivity index (χ0) is 34.5. The topological polar surface area (TPSA) is 154 Å². The number of nitrogens with zero attached hydrogens (tertiary/aromatic N) is 5. The Morgan fingerprint density at radius 3 is 2.33 bits per heavy atom. The Morgan fingerprint density at radius 2 is 1.69 bits per heavy atom. The molecule has 5 rings (SSSR count). The summed E-state index contributed by atoms with van der Waals surface area (Å²) in [7, 11) is -4.37. The average Bonchev–Trinajstić information content (AvgIpc) is 3.49. The van der Waals surface area contributed by atoms with Crippen LogP contribution < -0.4 is 4.72 Å². The molecule has 0 aliphatic carbocycles. The Morgan fingerprint density at radius 1 is 1.02 bits per heavy atom. The van der Waals surface area contributed by atoms with Crippen molar-refractivity contribution in [2.45, 2.75) is 31.2 Å². The van der Waals surface area contributed by atoms with Gasteiger partial charge in [0.25, 0.3) is 16.3 Å². The number of rotatable bonds is 11. The summed E-state index contributed by atoms with van der Waals surface area (Å²) in [4.78, 5) is 29.0. The number of carbonyl (C=O) groups excluding carboxylic acids is 2. The van der Waals surface area contributed by atoms with Gasteiger partial charge < -0.3 is 14.3 Å². The Hall–Kier alpha value is -5.45. The molecule has 1 unspecified atom stereocenters. The van der Waals surface area contributed by atoms with E-state index in [2.05, 4.69) is 15.6 Å². The molecule has 1 saturated heterocycles. The van der Waals surface area contributed by atoms with E-state index < -0.39 is 40.2 Å². The summed E-state index contributed by atoms with van der Waals surface area (Å²) in [6.45, 7) is 3.88. The zero-order valence-electron chi connectivity index (χ0n) is 25.5. The van der Waals surface area contributed by atoms with Crippen molar-refractivity contribution in [2.75, 3.05) is 19.7 Å². The molecule has 2 heterocycles. The SMILES string of the molecule is Cc1ccc(-c2cc(C(F)(F)F)nn2-c2ccc(S(=O)(=O)NC(=O)OCC3CN(/N=N\OC(C)OC(=O)c4ccccc4)C3)cc2)cc1. The van der Waals surface area contributed by atoms with Gasteiger partial charge in [0.15, 0.2) is 5.69 Å². The van der Waals surface area contributed by atoms with Crippen molar-refractivity contribution in [2.24, 2.45) is 16.4 Å². The highest BCUT2D eigenvalue weighted by Crippen LogP contribution is 2.33. The van der Waals surface area contributed by atoms with Crippen molar-refractivity contribution in [1.82, 2.24) is 19.5 Å². The van der Waals surface area contributed by atoms with Gasteiger partial charge in [0.2, 0.25) is 0 Å². The molecular formula is C31H29F3N6O7S. The van der Waals surface area contributed by atoms with E-state index in [1.54, 1.807) is 54.6 Å². The molecule has 0 radical (unpaired) electrons. The van der Waals surface area contributed by atoms with Crippen LogP contribution in [0, 0.1) is 12.8 Å². The van der Waals surface area contributed by atoms with Crippen molar-refractivity contribution < 1.29 is 45.5 Å². The van der Waals surface area contributed by atoms with E-state index in [-0.39, 0.29) is 28.8 Å². The van der Waals surface area contributed by atoms with Gasteiger partial charge in [0.05, 0.1) is 28.4 Å². The molecule has 0 spiro atoms. The lowest BCUT2D eigenvalue weighted by Crippen LogP contribution is -2.46. The van der Waals surface area contributed by atoms with E-state index >= 15 is 0 Å². The van der Waals surface area contributed by atoms with Crippen LogP contribution in [0.2, 0.25) is 0 Å². The molecule has 13 nitrogen and oxygen atoms in total. The molecule has 252 valence electrons. The lowest BCUT2D eigenvalue weighted by molar-refractivity contribution is -0.141. The molecule has 4 aromatic rings. The lowest BCUT2D eigenvalue weighted by Gasteiger charge is -2.34. The Labute approximate surface area is 272 Å². The van der Waals surface area contributed by atoms with Crippen LogP contribution in [-0.4, -0.2) is 61.3 Å². The van der Waals surface area contributed by atoms with E-state index in [1.807, 2.05) is 11.6 Å². The molecule has 1 aliphatic heterocycles. The van der Waals surface area contributed by atoms with Gasteiger partial charge in [-0.05, 0) is 54.6 Å². The number of aromatic nitrogens is 2. The molecule has 1 fully saturated rings. The van der Waals surface area contributed by atoms with E-state index in [4.69, 9.17) is 14.3 Å². The lowest BCUT2D eigenvalue weighted by atomic mass is 10.0. The second-order valence-corrected chi connectivity index (χ2v) is 12.4. The molecule has 0 bridgehead atoms. The van der Waals surface area contributed by atoms with E-state index in [0.29, 0.717) is 24.2 Å². The van der Waals surface area contributed by atoms with Crippen LogP contribution in [0.15, 0.2) is 100 Å². The van der Waals surface area contributed by atoms with E-state index in [1.165, 1.54) is 24.1 Å². The summed E-state index contributed by atoms with van der Waals surface area (Å²) >= 11 is 0. The molecule has 48 heavy (non-hydrogen) atoms. The summed E-state index contributed by atoms with van der Waals surface area (Å²) < 4.78 is 79.1. The minimum Gasteiger partial charge on any atom is -0.448 e. The molecule has 0 saturated carbocycles. The smallest absolute Gasteiger partial charge is 0.435 e. The molecular weight excluding hydrogens is 657 g/mol. The number of amides is 1. The summed E-state index contributed by atoms with van der Waals surface area (Å²) in [5, 5.41) is 12.6. The van der Waals surface area contributed by atoms with Crippen LogP contribution in [0.5, 0.6) is 0 Å². The number of sulfonamides is 1. The second kappa shape index (κ2) is 14.1. The number of alkyl halides is 3. The number of hydrogen-bond acceptors (Lipinski definition) is 10. The maximum atomic E-state index is 13.5. The Balaban J connectivity index is 1.10. The van der Waals surface area contributed by atoms with Crippen LogP contribution in [0.1, 0.15) is 28.5 Å². The quantitative estimate of drug-likeness (QED) is 0.0904. The largest absolute Gasteiger partial charge is 0.448 e. The van der Waals surface area contributed by atoms with Crippen LogP contribution in [0.4, 0.5) is 18.0 Å². The van der Waals surface area contributed by atoms with E-state index in [9.17, 15) is 31.2 Å². The monoisotopic (exact) mass is 686 g/mol. The minimum atomic E-state index is -4.70. The van der Waals surface area contributed by atoms with Gasteiger partial charge in [0.1, 0.15) is 0 Å². The van der Waals surface area contributed by atoms with Crippen molar-refractivity contribution in [3.05, 3.63) is 102 Å². The predicted molar refractivity (Wildman–Crippen MR) is 163 cm³/mol. The molecule has 1 amide bonds. The normalized spacial score (nSPS) is 14.3. The van der Waals surface area contributed by atoms with Crippen molar-refractivity contribution in [3.63, 3.8) is 0 Å². The van der Waals surface area contributed by atoms with Gasteiger partial charge in [-0.3, -0.25) is 5.01 Å². The Kier molecular flexibility index (Phi) is 9.98. The molecule has 1 atom stereocenters. The third kappa shape index (κ3) is 8.47. The predicted octanol–water partition coefficient (Wildman–Crippen LogP) is 5.72. The first-order valence-corrected chi connectivity index (χ1v) is 15.9. The number of nitrogens with one attached hydrogen (secondary N) is 1. The van der Waals surface area contributed by atoms with E-state index in [0.717, 1.165) is 28.4 Å². The fourth-order valence-corrected chi connectivity index (χ4v) is 5.37. The highest BCUT2D eigenvalue weighted by molar-refractivity contribution is 7.90. The van der Waals surface area contributed by atoms with Crippen LogP contribution in [0.3, 0.4) is 0 Å². The van der Waals surface area contributed by atoms with Gasteiger partial charge in [-0.1, -0.05) is 48.0 Å². The van der Waals surface area contributed by atoms with Crippen LogP contribution >= 0.6 is 0 Å². The van der Waals surface area contributed by atoms with Crippen LogP contribution in [0.25, 0.3) is 16.9 Å². The van der Waals surface area contributed by atoms with Gasteiger partial charge in [0, 0.05) is 36.8 Å². The Bertz CT molecular complexity index is 1880. The van der Waals surface area contributed by atoms with Crippen molar-refractivity contribution in [1.29, 1.82) is 0 Å². The highest BCUT2D eigenvalue weighted by atomic mass is 32.2. The number of ether oxygens (including phenoxy) is 2. The number of esters is 1. The summed E-state index contributed by atoms with van der Waals surface area (Å²) in [6, 6.07) is 20.9. The maximum Gasteiger partial charge on any atom is 0.435 e. The third-order valence-corrected chi connectivity index (χ3v) is 8.31. The zero-order valence-corrected chi connectivity index (χ0v) is 26.3. The molecule has 1 aromatic heterocycles. The summed E-state index contributed by atoms with van der Waals surface area (Å²) in [5.74, 6) is -0.746. The van der Waals surface area contributed by atoms with Crippen LogP contribution in [-0.2, 0) is 30.5 Å². The molecule has 1 N–H and O–H groups in total. The summed E-state index contributed by atoms with van der Waals surface area (Å²) in [5.41, 5.74) is 0.965. The number of aryl methyl sites for hydroxylation is 1. The van der Waals surface area contributed by atoms with Crippen molar-refractivity contribution in [3.8, 4) is 16.9 Å². The second-order valence-electron chi connectivity index (χ2n) is 10.7. The standard InChI is InChI=1S/C31H29F3N6O7S/c1-20-8-10-23(11-9-20)27-16-28(31(32,33)34)35-40(27)25-12-14-26(15-13-25)48(43,44)36-30(42)45-19-22-17-39(18-22)37-38-47-21(2)46-29(41)24-6-4-3-5-7-24/h3-16,21-22H,17-19H2,1-2H3,(H,36,42)/b38-37-. The third-order valence-electron chi connectivity index (χ3n) is 6.99. The average molecular weight is 687 g/mol. The summed E-state index contributed by atoms with van der Waals surface area (Å²) in [6.07, 6.45) is -6.90. The van der Waals surface area contributed by atoms with Gasteiger partial charge >= 0.3 is 18.2 Å². The maximum absolute atomic E-state index is 13.5. The fraction of sp³-hybridized carbons (Fsp3) is 0.258. The highest BCUT2D eigenvalue weighted by Gasteiger charge is 2.35. The molecule has 17 heteroatoms. The minimum absolute atomic E-state index is 0.110. The van der Waals surface area contributed by atoms with Crippen molar-refractivity contribution >= 4 is 22.1 Å². The number of carbonyl (C=O) groups is 2. The van der Waals surface area contributed by atoms with Gasteiger partial charge in [-0.15, -0.1) is 0 Å².